The molecule has 6 nitrogen and oxygen atoms in total. The average molecular weight is 352 g/mol. The number of amides is 3. The number of carbonyl (C=O) groups is 3. The van der Waals surface area contributed by atoms with E-state index in [1.54, 1.807) is 30.5 Å². The van der Waals surface area contributed by atoms with E-state index in [4.69, 9.17) is 11.6 Å². The van der Waals surface area contributed by atoms with Crippen LogP contribution in [0.3, 0.4) is 0 Å². The highest BCUT2D eigenvalue weighted by molar-refractivity contribution is 6.31. The fourth-order valence-electron chi connectivity index (χ4n) is 1.44. The van der Waals surface area contributed by atoms with E-state index in [2.05, 4.69) is 5.32 Å². The van der Waals surface area contributed by atoms with E-state index in [9.17, 15) is 27.6 Å². The third-order valence-electron chi connectivity index (χ3n) is 2.69. The fraction of sp³-hybridized carbons (Fsp3) is 0.308. The van der Waals surface area contributed by atoms with Crippen molar-refractivity contribution >= 4 is 35.0 Å². The van der Waals surface area contributed by atoms with Gasteiger partial charge in [0.2, 0.25) is 11.8 Å². The summed E-state index contributed by atoms with van der Waals surface area (Å²) in [5.41, 5.74) is 3.88. The minimum atomic E-state index is -5.10. The number of alkyl halides is 3. The van der Waals surface area contributed by atoms with Crippen molar-refractivity contribution in [3.05, 3.63) is 28.8 Å². The normalized spacial score (nSPS) is 10.8. The second-order valence-corrected chi connectivity index (χ2v) is 4.87. The van der Waals surface area contributed by atoms with Gasteiger partial charge in [0.25, 0.3) is 0 Å². The Hall–Kier alpha value is -2.29. The molecule has 1 aromatic rings. The van der Waals surface area contributed by atoms with E-state index in [1.165, 1.54) is 5.43 Å². The van der Waals surface area contributed by atoms with Crippen LogP contribution in [-0.2, 0) is 14.4 Å². The number of hydrogen-bond acceptors (Lipinski definition) is 3. The minimum absolute atomic E-state index is 0.278. The van der Waals surface area contributed by atoms with Gasteiger partial charge in [0.05, 0.1) is 0 Å². The van der Waals surface area contributed by atoms with Crippen LogP contribution in [0.2, 0.25) is 5.02 Å². The molecule has 0 fully saturated rings. The standard InChI is InChI=1S/C13H13ClF3N3O3/c1-7-8(14)3-2-4-9(7)18-10(21)5-6-11(22)19-20-12(23)13(15,16)17/h2-4H,5-6H2,1H3,(H,18,21)(H,19,22)(H,20,23). The Morgan fingerprint density at radius 1 is 1.09 bits per heavy atom. The van der Waals surface area contributed by atoms with Gasteiger partial charge in [-0.2, -0.15) is 13.2 Å². The second-order valence-electron chi connectivity index (χ2n) is 4.46. The molecule has 1 rings (SSSR count). The summed E-state index contributed by atoms with van der Waals surface area (Å²) in [5.74, 6) is -3.75. The van der Waals surface area contributed by atoms with Crippen molar-refractivity contribution in [2.24, 2.45) is 0 Å². The first-order valence-corrected chi connectivity index (χ1v) is 6.70. The van der Waals surface area contributed by atoms with Gasteiger partial charge in [-0.25, -0.2) is 0 Å². The topological polar surface area (TPSA) is 87.3 Å². The minimum Gasteiger partial charge on any atom is -0.326 e. The quantitative estimate of drug-likeness (QED) is 0.726. The van der Waals surface area contributed by atoms with Gasteiger partial charge in [-0.1, -0.05) is 17.7 Å². The zero-order valence-electron chi connectivity index (χ0n) is 11.9. The third-order valence-corrected chi connectivity index (χ3v) is 3.10. The smallest absolute Gasteiger partial charge is 0.326 e. The molecular weight excluding hydrogens is 339 g/mol. The predicted molar refractivity (Wildman–Crippen MR) is 76.4 cm³/mol. The molecule has 1 aromatic carbocycles. The number of anilines is 1. The van der Waals surface area contributed by atoms with Crippen LogP contribution in [0.15, 0.2) is 18.2 Å². The lowest BCUT2D eigenvalue weighted by molar-refractivity contribution is -0.175. The molecule has 0 aliphatic carbocycles. The van der Waals surface area contributed by atoms with E-state index < -0.39 is 30.3 Å². The molecule has 0 atom stereocenters. The molecular formula is C13H13ClF3N3O3. The van der Waals surface area contributed by atoms with Crippen LogP contribution in [0.1, 0.15) is 18.4 Å². The second kappa shape index (κ2) is 7.82. The van der Waals surface area contributed by atoms with Gasteiger partial charge in [0.1, 0.15) is 0 Å². The summed E-state index contributed by atoms with van der Waals surface area (Å²) in [4.78, 5) is 33.4. The maximum atomic E-state index is 11.9. The highest BCUT2D eigenvalue weighted by Crippen LogP contribution is 2.23. The lowest BCUT2D eigenvalue weighted by Crippen LogP contribution is -2.47. The Morgan fingerprint density at radius 3 is 2.30 bits per heavy atom. The molecule has 3 amide bonds. The molecule has 0 spiro atoms. The molecule has 0 saturated heterocycles. The van der Waals surface area contributed by atoms with Crippen LogP contribution in [0, 0.1) is 6.92 Å². The Bertz CT molecular complexity index is 620. The van der Waals surface area contributed by atoms with Crippen molar-refractivity contribution < 1.29 is 27.6 Å². The molecule has 0 unspecified atom stereocenters. The first-order chi connectivity index (χ1) is 10.6. The summed E-state index contributed by atoms with van der Waals surface area (Å²) in [5, 5.41) is 2.98. The summed E-state index contributed by atoms with van der Waals surface area (Å²) in [6.07, 6.45) is -5.78. The van der Waals surface area contributed by atoms with E-state index in [-0.39, 0.29) is 6.42 Å². The number of benzene rings is 1. The zero-order chi connectivity index (χ0) is 17.6. The number of rotatable bonds is 4. The Kier molecular flexibility index (Phi) is 6.38. The lowest BCUT2D eigenvalue weighted by atomic mass is 10.2. The molecule has 3 N–H and O–H groups in total. The summed E-state index contributed by atoms with van der Waals surface area (Å²) in [6, 6.07) is 4.89. The molecule has 0 bridgehead atoms. The fourth-order valence-corrected chi connectivity index (χ4v) is 1.62. The van der Waals surface area contributed by atoms with Crippen molar-refractivity contribution in [3.8, 4) is 0 Å². The third kappa shape index (κ3) is 6.15. The van der Waals surface area contributed by atoms with Crippen molar-refractivity contribution in [1.82, 2.24) is 10.9 Å². The highest BCUT2D eigenvalue weighted by Gasteiger charge is 2.38. The molecule has 0 heterocycles. The van der Waals surface area contributed by atoms with Gasteiger partial charge in [-0.15, -0.1) is 0 Å². The van der Waals surface area contributed by atoms with E-state index >= 15 is 0 Å². The summed E-state index contributed by atoms with van der Waals surface area (Å²) in [7, 11) is 0. The summed E-state index contributed by atoms with van der Waals surface area (Å²) < 4.78 is 35.7. The largest absolute Gasteiger partial charge is 0.472 e. The van der Waals surface area contributed by atoms with Gasteiger partial charge < -0.3 is 5.32 Å². The molecule has 0 saturated carbocycles. The molecule has 0 aliphatic rings. The summed E-state index contributed by atoms with van der Waals surface area (Å²) in [6.45, 7) is 1.69. The van der Waals surface area contributed by atoms with E-state index in [0.717, 1.165) is 0 Å². The Balaban J connectivity index is 2.40. The van der Waals surface area contributed by atoms with Crippen molar-refractivity contribution in [2.75, 3.05) is 5.32 Å². The molecule has 0 aliphatic heterocycles. The van der Waals surface area contributed by atoms with Crippen molar-refractivity contribution in [1.29, 1.82) is 0 Å². The molecule has 126 valence electrons. The Morgan fingerprint density at radius 2 is 1.70 bits per heavy atom. The maximum absolute atomic E-state index is 11.9. The predicted octanol–water partition coefficient (Wildman–Crippen LogP) is 2.08. The molecule has 0 aromatic heterocycles. The lowest BCUT2D eigenvalue weighted by Gasteiger charge is -2.10. The van der Waals surface area contributed by atoms with Gasteiger partial charge in [-0.05, 0) is 24.6 Å². The van der Waals surface area contributed by atoms with Crippen LogP contribution >= 0.6 is 11.6 Å². The highest BCUT2D eigenvalue weighted by atomic mass is 35.5. The van der Waals surface area contributed by atoms with E-state index in [0.29, 0.717) is 16.3 Å². The SMILES string of the molecule is Cc1c(Cl)cccc1NC(=O)CCC(=O)NNC(=O)C(F)(F)F. The number of carbonyl (C=O) groups excluding carboxylic acids is 3. The van der Waals surface area contributed by atoms with E-state index in [1.807, 2.05) is 0 Å². The monoisotopic (exact) mass is 351 g/mol. The molecule has 10 heteroatoms. The number of halogens is 4. The number of nitrogens with one attached hydrogen (secondary N) is 3. The first kappa shape index (κ1) is 18.8. The zero-order valence-corrected chi connectivity index (χ0v) is 12.6. The van der Waals surface area contributed by atoms with Crippen LogP contribution < -0.4 is 16.2 Å². The molecule has 23 heavy (non-hydrogen) atoms. The van der Waals surface area contributed by atoms with Gasteiger partial charge in [0, 0.05) is 23.6 Å². The van der Waals surface area contributed by atoms with Crippen LogP contribution in [-0.4, -0.2) is 23.9 Å². The first-order valence-electron chi connectivity index (χ1n) is 6.32. The van der Waals surface area contributed by atoms with Gasteiger partial charge in [0.15, 0.2) is 0 Å². The number of hydrogen-bond donors (Lipinski definition) is 3. The maximum Gasteiger partial charge on any atom is 0.472 e. The van der Waals surface area contributed by atoms with Crippen LogP contribution in [0.5, 0.6) is 0 Å². The average Bonchev–Trinajstić information content (AvgIpc) is 2.46. The van der Waals surface area contributed by atoms with Crippen LogP contribution in [0.25, 0.3) is 0 Å². The summed E-state index contributed by atoms with van der Waals surface area (Å²) >= 11 is 5.88. The van der Waals surface area contributed by atoms with Crippen molar-refractivity contribution in [3.63, 3.8) is 0 Å². The van der Waals surface area contributed by atoms with Crippen molar-refractivity contribution in [2.45, 2.75) is 25.9 Å². The van der Waals surface area contributed by atoms with Gasteiger partial charge in [-0.3, -0.25) is 25.2 Å². The van der Waals surface area contributed by atoms with Crippen LogP contribution in [0.4, 0.5) is 18.9 Å². The Labute approximate surface area is 134 Å². The number of hydrazine groups is 1. The van der Waals surface area contributed by atoms with Gasteiger partial charge >= 0.3 is 12.1 Å². The molecule has 0 radical (unpaired) electrons.